The van der Waals surface area contributed by atoms with Crippen LogP contribution in [-0.4, -0.2) is 23.7 Å². The second-order valence-electron chi connectivity index (χ2n) is 3.98. The number of carbonyl (C=O) groups excluding carboxylic acids is 1. The lowest BCUT2D eigenvalue weighted by molar-refractivity contribution is 0.1000. The molecule has 1 amide bonds. The monoisotopic (exact) mass is 240 g/mol. The molecule has 0 aliphatic carbocycles. The molecule has 94 valence electrons. The van der Waals surface area contributed by atoms with Crippen LogP contribution in [0.2, 0.25) is 0 Å². The first kappa shape index (κ1) is 13.6. The first-order valence-corrected chi connectivity index (χ1v) is 5.47. The molecule has 0 saturated carbocycles. The van der Waals surface area contributed by atoms with Gasteiger partial charge in [0.1, 0.15) is 5.82 Å². The maximum absolute atomic E-state index is 13.4. The van der Waals surface area contributed by atoms with Crippen molar-refractivity contribution in [1.29, 1.82) is 0 Å². The molecule has 0 fully saturated rings. The van der Waals surface area contributed by atoms with Crippen molar-refractivity contribution < 1.29 is 14.3 Å². The van der Waals surface area contributed by atoms with Gasteiger partial charge < -0.3 is 16.2 Å². The van der Waals surface area contributed by atoms with Gasteiger partial charge in [0.25, 0.3) is 0 Å². The molecule has 1 atom stereocenters. The lowest BCUT2D eigenvalue weighted by Gasteiger charge is -2.08. The summed E-state index contributed by atoms with van der Waals surface area (Å²) in [6.45, 7) is 2.58. The predicted octanol–water partition coefficient (Wildman–Crippen LogP) is 0.785. The van der Waals surface area contributed by atoms with Crippen LogP contribution in [0, 0.1) is 5.82 Å². The molecule has 0 radical (unpaired) electrons. The number of carbonyl (C=O) groups is 1. The van der Waals surface area contributed by atoms with E-state index in [1.165, 1.54) is 18.2 Å². The Morgan fingerprint density at radius 3 is 2.88 bits per heavy atom. The minimum atomic E-state index is -0.574. The van der Waals surface area contributed by atoms with E-state index in [0.717, 1.165) is 0 Å². The van der Waals surface area contributed by atoms with Crippen molar-refractivity contribution in [3.8, 4) is 0 Å². The number of benzene rings is 1. The molecule has 0 saturated heterocycles. The van der Waals surface area contributed by atoms with Crippen molar-refractivity contribution in [3.63, 3.8) is 0 Å². The van der Waals surface area contributed by atoms with E-state index in [1.54, 1.807) is 6.92 Å². The van der Waals surface area contributed by atoms with E-state index >= 15 is 0 Å². The van der Waals surface area contributed by atoms with Crippen molar-refractivity contribution in [2.24, 2.45) is 5.73 Å². The Labute approximate surface area is 99.6 Å². The summed E-state index contributed by atoms with van der Waals surface area (Å²) < 4.78 is 13.4. The number of nitrogens with two attached hydrogens (primary N) is 1. The quantitative estimate of drug-likeness (QED) is 0.643. The summed E-state index contributed by atoms with van der Waals surface area (Å²) in [5.41, 5.74) is 5.80. The minimum Gasteiger partial charge on any atom is -0.393 e. The number of aliphatic hydroxyl groups excluding tert-OH is 1. The minimum absolute atomic E-state index is 0.290. The Bertz CT molecular complexity index is 394. The Kier molecular flexibility index (Phi) is 5.06. The second kappa shape index (κ2) is 6.32. The highest BCUT2D eigenvalue weighted by molar-refractivity contribution is 5.92. The zero-order valence-corrected chi connectivity index (χ0v) is 9.74. The average molecular weight is 240 g/mol. The normalized spacial score (nSPS) is 12.4. The molecule has 4 nitrogen and oxygen atoms in total. The van der Waals surface area contributed by atoms with Crippen LogP contribution in [0.1, 0.15) is 29.3 Å². The summed E-state index contributed by atoms with van der Waals surface area (Å²) in [6.07, 6.45) is 0.209. The number of rotatable bonds is 6. The topological polar surface area (TPSA) is 75.3 Å². The zero-order valence-electron chi connectivity index (χ0n) is 9.74. The predicted molar refractivity (Wildman–Crippen MR) is 62.9 cm³/mol. The standard InChI is InChI=1S/C12H17FN2O2/c1-8(16)4-5-15-7-10-6-9(12(14)17)2-3-11(10)13/h2-3,6,8,15-16H,4-5,7H2,1H3,(H2,14,17). The summed E-state index contributed by atoms with van der Waals surface area (Å²) in [5.74, 6) is -0.949. The van der Waals surface area contributed by atoms with Gasteiger partial charge in [-0.3, -0.25) is 4.79 Å². The molecule has 5 heteroatoms. The van der Waals surface area contributed by atoms with Gasteiger partial charge in [-0.1, -0.05) is 0 Å². The van der Waals surface area contributed by atoms with E-state index in [0.29, 0.717) is 30.6 Å². The van der Waals surface area contributed by atoms with Crippen LogP contribution in [-0.2, 0) is 6.54 Å². The highest BCUT2D eigenvalue weighted by Crippen LogP contribution is 2.10. The maximum atomic E-state index is 13.4. The van der Waals surface area contributed by atoms with Gasteiger partial charge in [0, 0.05) is 17.7 Å². The third-order valence-corrected chi connectivity index (χ3v) is 2.38. The van der Waals surface area contributed by atoms with Gasteiger partial charge in [0.2, 0.25) is 5.91 Å². The van der Waals surface area contributed by atoms with Gasteiger partial charge in [-0.15, -0.1) is 0 Å². The van der Waals surface area contributed by atoms with Crippen LogP contribution in [0.5, 0.6) is 0 Å². The summed E-state index contributed by atoms with van der Waals surface area (Å²) in [5, 5.41) is 12.0. The van der Waals surface area contributed by atoms with E-state index in [1.807, 2.05) is 0 Å². The highest BCUT2D eigenvalue weighted by atomic mass is 19.1. The molecule has 0 bridgehead atoms. The van der Waals surface area contributed by atoms with Crippen LogP contribution in [0.4, 0.5) is 4.39 Å². The molecule has 0 spiro atoms. The van der Waals surface area contributed by atoms with Gasteiger partial charge in [-0.2, -0.15) is 0 Å². The average Bonchev–Trinajstić information content (AvgIpc) is 2.25. The van der Waals surface area contributed by atoms with Crippen LogP contribution < -0.4 is 11.1 Å². The lowest BCUT2D eigenvalue weighted by Crippen LogP contribution is -2.20. The number of hydrogen-bond donors (Lipinski definition) is 3. The summed E-state index contributed by atoms with van der Waals surface area (Å²) >= 11 is 0. The summed E-state index contributed by atoms with van der Waals surface area (Å²) in [6, 6.07) is 4.02. The van der Waals surface area contributed by atoms with Crippen molar-refractivity contribution in [1.82, 2.24) is 5.32 Å². The van der Waals surface area contributed by atoms with E-state index in [2.05, 4.69) is 5.32 Å². The van der Waals surface area contributed by atoms with Gasteiger partial charge in [0.15, 0.2) is 0 Å². The molecule has 0 aliphatic rings. The molecule has 1 aromatic carbocycles. The Morgan fingerprint density at radius 2 is 2.29 bits per heavy atom. The number of primary amides is 1. The molecule has 0 aliphatic heterocycles. The molecule has 1 aromatic rings. The maximum Gasteiger partial charge on any atom is 0.248 e. The van der Waals surface area contributed by atoms with Crippen LogP contribution in [0.3, 0.4) is 0 Å². The highest BCUT2D eigenvalue weighted by Gasteiger charge is 2.06. The molecule has 1 rings (SSSR count). The zero-order chi connectivity index (χ0) is 12.8. The number of hydrogen-bond acceptors (Lipinski definition) is 3. The van der Waals surface area contributed by atoms with Crippen molar-refractivity contribution in [2.75, 3.05) is 6.54 Å². The van der Waals surface area contributed by atoms with Crippen molar-refractivity contribution >= 4 is 5.91 Å². The van der Waals surface area contributed by atoms with Gasteiger partial charge in [0.05, 0.1) is 6.10 Å². The molecule has 17 heavy (non-hydrogen) atoms. The second-order valence-corrected chi connectivity index (χ2v) is 3.98. The third kappa shape index (κ3) is 4.50. The van der Waals surface area contributed by atoms with Gasteiger partial charge in [-0.25, -0.2) is 4.39 Å². The van der Waals surface area contributed by atoms with Crippen molar-refractivity contribution in [2.45, 2.75) is 26.0 Å². The molecular formula is C12H17FN2O2. The molecule has 0 aromatic heterocycles. The first-order chi connectivity index (χ1) is 8.00. The fourth-order valence-electron chi connectivity index (χ4n) is 1.40. The van der Waals surface area contributed by atoms with Crippen LogP contribution in [0.15, 0.2) is 18.2 Å². The molecule has 0 heterocycles. The SMILES string of the molecule is CC(O)CCNCc1cc(C(N)=O)ccc1F. The number of amides is 1. The third-order valence-electron chi connectivity index (χ3n) is 2.38. The fourth-order valence-corrected chi connectivity index (χ4v) is 1.40. The van der Waals surface area contributed by atoms with Crippen LogP contribution in [0.25, 0.3) is 0 Å². The largest absolute Gasteiger partial charge is 0.393 e. The van der Waals surface area contributed by atoms with Crippen molar-refractivity contribution in [3.05, 3.63) is 35.1 Å². The Balaban J connectivity index is 2.57. The number of aliphatic hydroxyl groups is 1. The fraction of sp³-hybridized carbons (Fsp3) is 0.417. The summed E-state index contributed by atoms with van der Waals surface area (Å²) in [4.78, 5) is 10.9. The molecule has 4 N–H and O–H groups in total. The Hall–Kier alpha value is -1.46. The first-order valence-electron chi connectivity index (χ1n) is 5.47. The summed E-state index contributed by atoms with van der Waals surface area (Å²) in [7, 11) is 0. The molecule has 1 unspecified atom stereocenters. The van der Waals surface area contributed by atoms with Gasteiger partial charge in [-0.05, 0) is 38.1 Å². The molecular weight excluding hydrogens is 223 g/mol. The lowest BCUT2D eigenvalue weighted by atomic mass is 10.1. The number of halogens is 1. The number of nitrogens with one attached hydrogen (secondary N) is 1. The Morgan fingerprint density at radius 1 is 1.59 bits per heavy atom. The van der Waals surface area contributed by atoms with E-state index in [4.69, 9.17) is 10.8 Å². The van der Waals surface area contributed by atoms with E-state index in [9.17, 15) is 9.18 Å². The van der Waals surface area contributed by atoms with Crippen LogP contribution >= 0.6 is 0 Å². The van der Waals surface area contributed by atoms with E-state index in [-0.39, 0.29) is 11.9 Å². The smallest absolute Gasteiger partial charge is 0.248 e. The van der Waals surface area contributed by atoms with Gasteiger partial charge >= 0.3 is 0 Å². The van der Waals surface area contributed by atoms with E-state index < -0.39 is 5.91 Å².